The number of amides is 1. The molecular formula is C31H31F2N7O3. The van der Waals surface area contributed by atoms with Crippen LogP contribution in [0.3, 0.4) is 0 Å². The fraction of sp³-hybridized carbons (Fsp3) is 0.323. The number of anilines is 2. The number of benzene rings is 1. The maximum Gasteiger partial charge on any atom is 0.355 e. The molecular weight excluding hydrogens is 556 g/mol. The summed E-state index contributed by atoms with van der Waals surface area (Å²) in [5.74, 6) is -1.44. The summed E-state index contributed by atoms with van der Waals surface area (Å²) in [5.41, 5.74) is 0.648. The topological polar surface area (TPSA) is 105 Å². The van der Waals surface area contributed by atoms with Crippen LogP contribution in [0.2, 0.25) is 0 Å². The summed E-state index contributed by atoms with van der Waals surface area (Å²) >= 11 is 0. The number of pyridine rings is 2. The molecule has 1 saturated heterocycles. The molecule has 222 valence electrons. The number of carbonyl (C=O) groups excluding carboxylic acids is 1. The van der Waals surface area contributed by atoms with Crippen LogP contribution in [0.1, 0.15) is 32.4 Å². The lowest BCUT2D eigenvalue weighted by atomic mass is 10.1. The van der Waals surface area contributed by atoms with Crippen molar-refractivity contribution >= 4 is 28.4 Å². The Bertz CT molecular complexity index is 1820. The van der Waals surface area contributed by atoms with Gasteiger partial charge >= 0.3 is 5.69 Å². The lowest BCUT2D eigenvalue weighted by Crippen LogP contribution is -2.54. The van der Waals surface area contributed by atoms with Gasteiger partial charge in [0.2, 0.25) is 5.91 Å². The van der Waals surface area contributed by atoms with Crippen LogP contribution >= 0.6 is 0 Å². The normalized spacial score (nSPS) is 16.6. The Kier molecular flexibility index (Phi) is 7.28. The Morgan fingerprint density at radius 2 is 2.00 bits per heavy atom. The number of hydrogen-bond acceptors (Lipinski definition) is 8. The highest BCUT2D eigenvalue weighted by atomic mass is 19.1. The molecule has 12 heteroatoms. The van der Waals surface area contributed by atoms with E-state index in [1.165, 1.54) is 28.8 Å². The van der Waals surface area contributed by atoms with Crippen molar-refractivity contribution in [3.63, 3.8) is 0 Å². The molecule has 10 nitrogen and oxygen atoms in total. The van der Waals surface area contributed by atoms with E-state index in [1.54, 1.807) is 23.2 Å². The molecule has 0 unspecified atom stereocenters. The van der Waals surface area contributed by atoms with E-state index in [0.717, 1.165) is 0 Å². The number of nitrogens with one attached hydrogen (secondary N) is 1. The fourth-order valence-corrected chi connectivity index (χ4v) is 5.77. The van der Waals surface area contributed by atoms with Gasteiger partial charge in [-0.3, -0.25) is 9.78 Å². The SMILES string of the molecule is C=CC(=O)N1CCN(c2nc(=O)n3c4nc(c(F)cc24)-c2c(F)cccc2OCCNc2ccnc(C(C)C)c2-3)[C@H](C)C1. The van der Waals surface area contributed by atoms with Gasteiger partial charge in [0.25, 0.3) is 0 Å². The molecule has 1 fully saturated rings. The molecule has 1 amide bonds. The Hall–Kier alpha value is -4.87. The van der Waals surface area contributed by atoms with E-state index in [1.807, 2.05) is 25.7 Å². The van der Waals surface area contributed by atoms with Crippen molar-refractivity contribution in [2.75, 3.05) is 43.0 Å². The van der Waals surface area contributed by atoms with E-state index in [0.29, 0.717) is 43.2 Å². The standard InChI is InChI=1S/C31H31F2N7O3/c1-5-24(41)38-12-13-39(18(4)16-38)29-19-15-21(33)27-25-20(32)7-6-8-23(25)43-14-11-34-22-9-10-35-26(17(2)3)28(22)40(30(19)36-27)31(42)37-29/h5-10,15,17-18,34H,1,11-14,16H2,2-4H3/t18-/m1/s1. The number of hydrogen-bond donors (Lipinski definition) is 1. The number of ether oxygens (including phenoxy) is 1. The van der Waals surface area contributed by atoms with Gasteiger partial charge in [-0.25, -0.2) is 23.1 Å². The molecule has 3 aromatic heterocycles. The predicted molar refractivity (Wildman–Crippen MR) is 160 cm³/mol. The first-order chi connectivity index (χ1) is 20.7. The maximum atomic E-state index is 16.1. The second kappa shape index (κ2) is 11.1. The fourth-order valence-electron chi connectivity index (χ4n) is 5.77. The molecule has 43 heavy (non-hydrogen) atoms. The van der Waals surface area contributed by atoms with E-state index in [4.69, 9.17) is 4.74 Å². The average molecular weight is 588 g/mol. The van der Waals surface area contributed by atoms with E-state index in [-0.39, 0.29) is 58.3 Å². The first-order valence-corrected chi connectivity index (χ1v) is 14.2. The Morgan fingerprint density at radius 3 is 2.74 bits per heavy atom. The van der Waals surface area contributed by atoms with Crippen LogP contribution in [0.25, 0.3) is 28.0 Å². The summed E-state index contributed by atoms with van der Waals surface area (Å²) in [7, 11) is 0. The smallest absolute Gasteiger partial charge is 0.355 e. The van der Waals surface area contributed by atoms with Crippen molar-refractivity contribution in [2.45, 2.75) is 32.7 Å². The number of halogens is 2. The van der Waals surface area contributed by atoms with Crippen molar-refractivity contribution in [3.8, 4) is 22.7 Å². The summed E-state index contributed by atoms with van der Waals surface area (Å²) < 4.78 is 38.7. The molecule has 1 N–H and O–H groups in total. The van der Waals surface area contributed by atoms with Crippen molar-refractivity contribution in [2.24, 2.45) is 0 Å². The Labute approximate surface area is 246 Å². The summed E-state index contributed by atoms with van der Waals surface area (Å²) in [6, 6.07) is 6.98. The second-order valence-electron chi connectivity index (χ2n) is 10.9. The number of carbonyl (C=O) groups is 1. The van der Waals surface area contributed by atoms with Crippen LogP contribution in [0.5, 0.6) is 5.75 Å². The van der Waals surface area contributed by atoms with E-state index in [2.05, 4.69) is 26.8 Å². The minimum Gasteiger partial charge on any atom is -0.491 e. The van der Waals surface area contributed by atoms with Gasteiger partial charge in [0, 0.05) is 38.4 Å². The number of rotatable bonds is 3. The van der Waals surface area contributed by atoms with Gasteiger partial charge in [-0.1, -0.05) is 26.5 Å². The quantitative estimate of drug-likeness (QED) is 0.355. The zero-order chi connectivity index (χ0) is 30.4. The molecule has 0 spiro atoms. The molecule has 5 heterocycles. The Balaban J connectivity index is 1.68. The lowest BCUT2D eigenvalue weighted by Gasteiger charge is -2.40. The number of aromatic nitrogens is 4. The van der Waals surface area contributed by atoms with Gasteiger partial charge in [-0.15, -0.1) is 0 Å². The van der Waals surface area contributed by atoms with Gasteiger partial charge in [0.1, 0.15) is 29.7 Å². The van der Waals surface area contributed by atoms with Crippen LogP contribution in [-0.4, -0.2) is 69.2 Å². The van der Waals surface area contributed by atoms with Gasteiger partial charge in [-0.2, -0.15) is 4.98 Å². The third-order valence-corrected chi connectivity index (χ3v) is 7.80. The maximum absolute atomic E-state index is 16.1. The van der Waals surface area contributed by atoms with E-state index >= 15 is 8.78 Å². The van der Waals surface area contributed by atoms with E-state index in [9.17, 15) is 9.59 Å². The third kappa shape index (κ3) is 4.86. The molecule has 2 aliphatic rings. The minimum atomic E-state index is -0.797. The first-order valence-electron chi connectivity index (χ1n) is 14.2. The molecule has 0 aliphatic carbocycles. The van der Waals surface area contributed by atoms with Crippen molar-refractivity contribution in [1.29, 1.82) is 0 Å². The van der Waals surface area contributed by atoms with Crippen LogP contribution in [-0.2, 0) is 4.79 Å². The lowest BCUT2D eigenvalue weighted by molar-refractivity contribution is -0.126. The zero-order valence-corrected chi connectivity index (χ0v) is 24.1. The highest BCUT2D eigenvalue weighted by Crippen LogP contribution is 2.38. The highest BCUT2D eigenvalue weighted by Gasteiger charge is 2.31. The van der Waals surface area contributed by atoms with Gasteiger partial charge < -0.3 is 19.9 Å². The highest BCUT2D eigenvalue weighted by molar-refractivity contribution is 5.92. The molecule has 4 aromatic rings. The number of nitrogens with zero attached hydrogens (tertiary/aromatic N) is 6. The molecule has 6 rings (SSSR count). The van der Waals surface area contributed by atoms with Crippen molar-refractivity contribution in [1.82, 2.24) is 24.4 Å². The molecule has 1 atom stereocenters. The average Bonchev–Trinajstić information content (AvgIpc) is 2.98. The minimum absolute atomic E-state index is 0.0934. The molecule has 2 bridgehead atoms. The third-order valence-electron chi connectivity index (χ3n) is 7.80. The second-order valence-corrected chi connectivity index (χ2v) is 10.9. The zero-order valence-electron chi connectivity index (χ0n) is 24.1. The number of fused-ring (bicyclic) bond motifs is 5. The van der Waals surface area contributed by atoms with Crippen molar-refractivity contribution in [3.05, 3.63) is 77.0 Å². The van der Waals surface area contributed by atoms with Gasteiger partial charge in [0.05, 0.1) is 28.0 Å². The predicted octanol–water partition coefficient (Wildman–Crippen LogP) is 4.27. The van der Waals surface area contributed by atoms with Crippen LogP contribution < -0.4 is 20.6 Å². The van der Waals surface area contributed by atoms with Crippen LogP contribution in [0.15, 0.2) is 54.0 Å². The van der Waals surface area contributed by atoms with E-state index < -0.39 is 17.3 Å². The molecule has 2 aliphatic heterocycles. The molecule has 1 aromatic carbocycles. The molecule has 0 saturated carbocycles. The summed E-state index contributed by atoms with van der Waals surface area (Å²) in [4.78, 5) is 43.6. The largest absolute Gasteiger partial charge is 0.491 e. The summed E-state index contributed by atoms with van der Waals surface area (Å²) in [5, 5.41) is 3.57. The molecule has 0 radical (unpaired) electrons. The van der Waals surface area contributed by atoms with Crippen LogP contribution in [0.4, 0.5) is 20.3 Å². The Morgan fingerprint density at radius 1 is 1.19 bits per heavy atom. The van der Waals surface area contributed by atoms with Gasteiger partial charge in [0.15, 0.2) is 11.5 Å². The van der Waals surface area contributed by atoms with Crippen molar-refractivity contribution < 1.29 is 18.3 Å². The number of piperazine rings is 1. The summed E-state index contributed by atoms with van der Waals surface area (Å²) in [6.45, 7) is 10.9. The first kappa shape index (κ1) is 28.3. The summed E-state index contributed by atoms with van der Waals surface area (Å²) in [6.07, 6.45) is 2.91. The van der Waals surface area contributed by atoms with Gasteiger partial charge in [-0.05, 0) is 43.2 Å². The van der Waals surface area contributed by atoms with Crippen LogP contribution in [0, 0.1) is 11.6 Å². The monoisotopic (exact) mass is 587 g/mol.